The number of hydrogen-bond donors (Lipinski definition) is 0. The van der Waals surface area contributed by atoms with E-state index in [9.17, 15) is 0 Å². The number of nitrogens with zero attached hydrogens (tertiary/aromatic N) is 6. The fourth-order valence-electron chi connectivity index (χ4n) is 17.1. The van der Waals surface area contributed by atoms with Gasteiger partial charge in [-0.05, 0) is 130 Å². The summed E-state index contributed by atoms with van der Waals surface area (Å²) in [6, 6.07) is 112. The van der Waals surface area contributed by atoms with Crippen LogP contribution in [-0.2, 0) is 10.8 Å². The normalized spacial score (nSPS) is 13.3. The third-order valence-electron chi connectivity index (χ3n) is 22.2. The first-order valence-electron chi connectivity index (χ1n) is 35.7. The fourth-order valence-corrected chi connectivity index (χ4v) is 17.1. The molecule has 22 rings (SSSR count). The average Bonchev–Trinajstić information content (AvgIpc) is 1.54. The Morgan fingerprint density at radius 1 is 0.269 bits per heavy atom. The van der Waals surface area contributed by atoms with Gasteiger partial charge in [-0.3, -0.25) is 0 Å². The number of fused-ring (bicyclic) bond motifs is 21. The van der Waals surface area contributed by atoms with Crippen molar-refractivity contribution in [2.75, 3.05) is 0 Å². The summed E-state index contributed by atoms with van der Waals surface area (Å²) in [5.74, 6) is 1.43. The van der Waals surface area contributed by atoms with E-state index >= 15 is 0 Å². The van der Waals surface area contributed by atoms with Gasteiger partial charge < -0.3 is 18.0 Å². The van der Waals surface area contributed by atoms with Crippen LogP contribution < -0.4 is 0 Å². The van der Waals surface area contributed by atoms with Crippen LogP contribution in [0.1, 0.15) is 49.9 Å². The highest BCUT2D eigenvalue weighted by Gasteiger charge is 2.41. The van der Waals surface area contributed by atoms with Gasteiger partial charge in [-0.25, -0.2) is 19.9 Å². The molecule has 0 amide bonds. The zero-order valence-electron chi connectivity index (χ0n) is 57.5. The van der Waals surface area contributed by atoms with Gasteiger partial charge in [0.25, 0.3) is 0 Å². The van der Waals surface area contributed by atoms with Crippen molar-refractivity contribution in [3.05, 3.63) is 338 Å². The molecule has 0 bridgehead atoms. The zero-order chi connectivity index (χ0) is 69.1. The van der Waals surface area contributed by atoms with Crippen molar-refractivity contribution in [2.24, 2.45) is 0 Å². The Morgan fingerprint density at radius 2 is 0.663 bits per heavy atom. The van der Waals surface area contributed by atoms with E-state index in [-0.39, 0.29) is 10.8 Å². The molecular weight excluding hydrogens is 1270 g/mol. The first-order valence-corrected chi connectivity index (χ1v) is 35.7. The zero-order valence-corrected chi connectivity index (χ0v) is 57.5. The molecule has 0 unspecified atom stereocenters. The second-order valence-electron chi connectivity index (χ2n) is 28.8. The van der Waals surface area contributed by atoms with Crippen LogP contribution in [0.4, 0.5) is 0 Å². The molecule has 20 aromatic rings. The molecule has 0 saturated carbocycles. The molecule has 0 radical (unpaired) electrons. The van der Waals surface area contributed by atoms with Crippen LogP contribution in [0.5, 0.6) is 0 Å². The summed E-state index contributed by atoms with van der Waals surface area (Å²) >= 11 is 0. The predicted octanol–water partition coefficient (Wildman–Crippen LogP) is 25.0. The molecular formula is C96H64N6O2. The molecule has 104 heavy (non-hydrogen) atoms. The maximum absolute atomic E-state index is 6.62. The first-order chi connectivity index (χ1) is 51.1. The molecule has 14 aromatic carbocycles. The Hall–Kier alpha value is -13.3. The van der Waals surface area contributed by atoms with Crippen LogP contribution in [0.2, 0.25) is 0 Å². The SMILES string of the molecule is CC1(C)c2cc3c(cc2-c2c1ccc1c2oc2ccccc21)c1ccccc1n3-c1ccc(-c2cc(-c3ccccc3)nc(-c3ccccc3)n2)cc1.CC1(C)c2cc3c(cc2-c2c1ccc1c2oc2ccccc21)c1ccccc1n3-c1ccc(-c2nc(-c3ccccc3)c3ccccc3n2)cc1. The van der Waals surface area contributed by atoms with Crippen molar-refractivity contribution >= 4 is 98.4 Å². The minimum absolute atomic E-state index is 0.193. The smallest absolute Gasteiger partial charge is 0.160 e. The second kappa shape index (κ2) is 22.6. The van der Waals surface area contributed by atoms with Crippen LogP contribution in [0, 0.1) is 0 Å². The van der Waals surface area contributed by atoms with Crippen LogP contribution in [0.25, 0.3) is 189 Å². The average molecular weight is 1330 g/mol. The molecule has 8 heteroatoms. The highest BCUT2D eigenvalue weighted by molar-refractivity contribution is 6.18. The standard InChI is InChI=1S/C49H33N3O.C47H31N3O/c1-49(2)39-26-25-36-35-18-10-12-20-45(35)53-47(36)46(39)38-27-37-34-17-9-11-19-43(34)52(44(37)28-40(38)49)33-23-21-31(22-24-33)42-29-41(30-13-5-3-6-14-30)50-48(51-42)32-15-7-4-8-16-32;1-47(2)37-25-24-33-32-15-8-11-19-42(32)51-45(33)43(37)36-26-35-31-14-7-10-18-40(31)50(41(35)27-38(36)47)30-22-20-29(21-23-30)46-48-39-17-9-6-16-34(39)44(49-46)28-12-4-3-5-13-28/h3-29H,1-2H3;3-27H,1-2H3. The van der Waals surface area contributed by atoms with Gasteiger partial charge in [-0.1, -0.05) is 246 Å². The van der Waals surface area contributed by atoms with Crippen molar-refractivity contribution in [3.63, 3.8) is 0 Å². The van der Waals surface area contributed by atoms with Crippen LogP contribution >= 0.6 is 0 Å². The quantitative estimate of drug-likeness (QED) is 0.158. The van der Waals surface area contributed by atoms with Crippen molar-refractivity contribution in [1.29, 1.82) is 0 Å². The largest absolute Gasteiger partial charge is 0.455 e. The van der Waals surface area contributed by atoms with E-state index in [1.807, 2.05) is 54.6 Å². The summed E-state index contributed by atoms with van der Waals surface area (Å²) in [4.78, 5) is 20.2. The van der Waals surface area contributed by atoms with E-state index in [4.69, 9.17) is 28.8 Å². The lowest BCUT2D eigenvalue weighted by molar-refractivity contribution is 0.653. The summed E-state index contributed by atoms with van der Waals surface area (Å²) in [5, 5.41) is 10.6. The van der Waals surface area contributed by atoms with Gasteiger partial charge in [0, 0.05) is 110 Å². The van der Waals surface area contributed by atoms with Crippen LogP contribution in [0.15, 0.2) is 324 Å². The fraction of sp³-hybridized carbons (Fsp3) is 0.0625. The highest BCUT2D eigenvalue weighted by Crippen LogP contribution is 2.57. The number of para-hydroxylation sites is 5. The molecule has 0 N–H and O–H groups in total. The van der Waals surface area contributed by atoms with Crippen molar-refractivity contribution < 1.29 is 8.83 Å². The van der Waals surface area contributed by atoms with Gasteiger partial charge in [0.05, 0.1) is 44.7 Å². The molecule has 6 heterocycles. The molecule has 6 aromatic heterocycles. The van der Waals surface area contributed by atoms with Crippen molar-refractivity contribution in [2.45, 2.75) is 38.5 Å². The lowest BCUT2D eigenvalue weighted by Crippen LogP contribution is -2.15. The molecule has 8 nitrogen and oxygen atoms in total. The van der Waals surface area contributed by atoms with Gasteiger partial charge in [-0.2, -0.15) is 0 Å². The number of furan rings is 2. The molecule has 490 valence electrons. The number of aromatic nitrogens is 6. The van der Waals surface area contributed by atoms with Crippen LogP contribution in [0.3, 0.4) is 0 Å². The van der Waals surface area contributed by atoms with Gasteiger partial charge in [0.1, 0.15) is 22.3 Å². The van der Waals surface area contributed by atoms with Crippen molar-refractivity contribution in [1.82, 2.24) is 29.1 Å². The molecule has 0 saturated heterocycles. The third kappa shape index (κ3) is 8.98. The number of rotatable bonds is 7. The Labute approximate surface area is 599 Å². The van der Waals surface area contributed by atoms with Gasteiger partial charge >= 0.3 is 0 Å². The summed E-state index contributed by atoms with van der Waals surface area (Å²) in [6.45, 7) is 9.36. The summed E-state index contributed by atoms with van der Waals surface area (Å²) in [6.07, 6.45) is 0. The molecule has 2 aliphatic rings. The summed E-state index contributed by atoms with van der Waals surface area (Å²) < 4.78 is 18.0. The maximum atomic E-state index is 6.62. The lowest BCUT2D eigenvalue weighted by Gasteiger charge is -2.21. The van der Waals surface area contributed by atoms with E-state index in [0.29, 0.717) is 5.82 Å². The Morgan fingerprint density at radius 3 is 1.17 bits per heavy atom. The number of hydrogen-bond acceptors (Lipinski definition) is 6. The molecule has 2 aliphatic carbocycles. The van der Waals surface area contributed by atoms with Crippen LogP contribution in [-0.4, -0.2) is 29.1 Å². The van der Waals surface area contributed by atoms with Gasteiger partial charge in [-0.15, -0.1) is 0 Å². The summed E-state index contributed by atoms with van der Waals surface area (Å²) in [7, 11) is 0. The monoisotopic (exact) mass is 1330 g/mol. The molecule has 0 aliphatic heterocycles. The maximum Gasteiger partial charge on any atom is 0.160 e. The number of benzene rings is 14. The minimum atomic E-state index is -0.197. The Bertz CT molecular complexity index is 6880. The predicted molar refractivity (Wildman–Crippen MR) is 427 cm³/mol. The summed E-state index contributed by atoms with van der Waals surface area (Å²) in [5.41, 5.74) is 29.4. The Balaban J connectivity index is 0.000000134. The van der Waals surface area contributed by atoms with Gasteiger partial charge in [0.15, 0.2) is 11.6 Å². The van der Waals surface area contributed by atoms with E-state index in [1.165, 1.54) is 98.9 Å². The first kappa shape index (κ1) is 59.6. The van der Waals surface area contributed by atoms with Crippen molar-refractivity contribution in [3.8, 4) is 90.2 Å². The van der Waals surface area contributed by atoms with E-state index in [2.05, 4.69) is 298 Å². The Kier molecular flexibility index (Phi) is 12.9. The molecule has 0 atom stereocenters. The minimum Gasteiger partial charge on any atom is -0.455 e. The van der Waals surface area contributed by atoms with E-state index in [1.54, 1.807) is 0 Å². The third-order valence-corrected chi connectivity index (χ3v) is 22.2. The van der Waals surface area contributed by atoms with Gasteiger partial charge in [0.2, 0.25) is 0 Å². The second-order valence-corrected chi connectivity index (χ2v) is 28.8. The lowest BCUT2D eigenvalue weighted by atomic mass is 9.82. The van der Waals surface area contributed by atoms with E-state index < -0.39 is 0 Å². The highest BCUT2D eigenvalue weighted by atomic mass is 16.3. The molecule has 0 spiro atoms. The van der Waals surface area contributed by atoms with E-state index in [0.717, 1.165) is 106 Å². The topological polar surface area (TPSA) is 87.7 Å². The molecule has 0 fully saturated rings.